The summed E-state index contributed by atoms with van der Waals surface area (Å²) in [6.07, 6.45) is 6.28. The van der Waals surface area contributed by atoms with Crippen LogP contribution < -0.4 is 0 Å². The van der Waals surface area contributed by atoms with Gasteiger partial charge >= 0.3 is 0 Å². The van der Waals surface area contributed by atoms with Gasteiger partial charge in [-0.3, -0.25) is 0 Å². The Kier molecular flexibility index (Phi) is 3.24. The maximum absolute atomic E-state index is 2.10. The first-order chi connectivity index (χ1) is 7.45. The van der Waals surface area contributed by atoms with E-state index in [0.29, 0.717) is 0 Å². The Morgan fingerprint density at radius 3 is 2.00 bits per heavy atom. The second kappa shape index (κ2) is 5.06. The minimum absolute atomic E-state index is 1.23. The third-order valence-corrected chi connectivity index (χ3v) is 2.18. The third-order valence-electron chi connectivity index (χ3n) is 2.18. The number of allylic oxidation sites excluding steroid dienone is 1. The number of rotatable bonds is 3. The van der Waals surface area contributed by atoms with Crippen molar-refractivity contribution in [1.82, 2.24) is 0 Å². The maximum Gasteiger partial charge on any atom is -0.0623 e. The SMILES string of the molecule is C(=Cc1ccccc1)[CH-]c1ccccc1. The molecule has 15 heavy (non-hydrogen) atoms. The van der Waals surface area contributed by atoms with Crippen molar-refractivity contribution in [2.45, 2.75) is 0 Å². The number of benzene rings is 2. The molecule has 0 saturated heterocycles. The van der Waals surface area contributed by atoms with Crippen LogP contribution in [0.2, 0.25) is 0 Å². The van der Waals surface area contributed by atoms with Gasteiger partial charge in [-0.05, 0) is 0 Å². The van der Waals surface area contributed by atoms with E-state index >= 15 is 0 Å². The Balaban J connectivity index is 1.97. The first kappa shape index (κ1) is 9.60. The molecule has 0 aliphatic heterocycles. The summed E-state index contributed by atoms with van der Waals surface area (Å²) in [4.78, 5) is 0. The molecule has 0 saturated carbocycles. The van der Waals surface area contributed by atoms with Gasteiger partial charge in [-0.1, -0.05) is 42.0 Å². The van der Waals surface area contributed by atoms with Crippen molar-refractivity contribution in [1.29, 1.82) is 0 Å². The summed E-state index contributed by atoms with van der Waals surface area (Å²) < 4.78 is 0. The Bertz CT molecular complexity index is 412. The monoisotopic (exact) mass is 193 g/mol. The van der Waals surface area contributed by atoms with Crippen LogP contribution in [0.15, 0.2) is 66.7 Å². The smallest absolute Gasteiger partial charge is 0.0623 e. The highest BCUT2D eigenvalue weighted by Gasteiger charge is 1.79. The van der Waals surface area contributed by atoms with Gasteiger partial charge in [0, 0.05) is 0 Å². The van der Waals surface area contributed by atoms with Crippen molar-refractivity contribution in [3.05, 3.63) is 84.3 Å². The lowest BCUT2D eigenvalue weighted by Crippen LogP contribution is -1.75. The minimum atomic E-state index is 1.23. The predicted octanol–water partition coefficient (Wildman–Crippen LogP) is 3.95. The van der Waals surface area contributed by atoms with Crippen LogP contribution in [-0.2, 0) is 0 Å². The molecule has 2 aromatic rings. The molecule has 0 heterocycles. The lowest BCUT2D eigenvalue weighted by molar-refractivity contribution is 1.53. The molecule has 0 unspecified atom stereocenters. The summed E-state index contributed by atoms with van der Waals surface area (Å²) >= 11 is 0. The van der Waals surface area contributed by atoms with Gasteiger partial charge in [0.2, 0.25) is 0 Å². The Hall–Kier alpha value is -1.95. The molecule has 0 fully saturated rings. The molecule has 0 heteroatoms. The van der Waals surface area contributed by atoms with Gasteiger partial charge < -0.3 is 0 Å². The van der Waals surface area contributed by atoms with Gasteiger partial charge in [0.25, 0.3) is 0 Å². The van der Waals surface area contributed by atoms with E-state index in [1.54, 1.807) is 0 Å². The zero-order valence-electron chi connectivity index (χ0n) is 8.51. The van der Waals surface area contributed by atoms with Crippen molar-refractivity contribution in [3.8, 4) is 0 Å². The average Bonchev–Trinajstić information content (AvgIpc) is 2.32. The lowest BCUT2D eigenvalue weighted by Gasteiger charge is -2.02. The fraction of sp³-hybridized carbons (Fsp3) is 0. The van der Waals surface area contributed by atoms with E-state index in [4.69, 9.17) is 0 Å². The average molecular weight is 193 g/mol. The van der Waals surface area contributed by atoms with Crippen LogP contribution in [0.1, 0.15) is 11.1 Å². The van der Waals surface area contributed by atoms with Gasteiger partial charge in [-0.2, -0.15) is 0 Å². The standard InChI is InChI=1S/C15H13/c1-3-8-14(9-4-1)12-7-13-15-10-5-2-6-11-15/h1-13H/q-1. The summed E-state index contributed by atoms with van der Waals surface area (Å²) in [6.45, 7) is 0. The van der Waals surface area contributed by atoms with Crippen molar-refractivity contribution < 1.29 is 0 Å². The lowest BCUT2D eigenvalue weighted by atomic mass is 10.1. The number of hydrogen-bond donors (Lipinski definition) is 0. The van der Waals surface area contributed by atoms with Crippen molar-refractivity contribution in [2.24, 2.45) is 0 Å². The Labute approximate surface area is 90.9 Å². The molecule has 0 aliphatic carbocycles. The van der Waals surface area contributed by atoms with Crippen LogP contribution in [0.3, 0.4) is 0 Å². The first-order valence-corrected chi connectivity index (χ1v) is 5.07. The second-order valence-electron chi connectivity index (χ2n) is 3.35. The molecule has 74 valence electrons. The van der Waals surface area contributed by atoms with E-state index in [1.165, 1.54) is 11.1 Å². The van der Waals surface area contributed by atoms with E-state index < -0.39 is 0 Å². The van der Waals surface area contributed by atoms with Crippen LogP contribution in [0.5, 0.6) is 0 Å². The fourth-order valence-corrected chi connectivity index (χ4v) is 1.40. The van der Waals surface area contributed by atoms with E-state index in [1.807, 2.05) is 36.4 Å². The van der Waals surface area contributed by atoms with E-state index in [-0.39, 0.29) is 0 Å². The molecule has 0 spiro atoms. The van der Waals surface area contributed by atoms with Gasteiger partial charge in [0.05, 0.1) is 0 Å². The summed E-state index contributed by atoms with van der Waals surface area (Å²) in [5.41, 5.74) is 2.45. The maximum atomic E-state index is 2.10. The van der Waals surface area contributed by atoms with E-state index in [0.717, 1.165) is 0 Å². The second-order valence-corrected chi connectivity index (χ2v) is 3.35. The zero-order valence-corrected chi connectivity index (χ0v) is 8.51. The third kappa shape index (κ3) is 3.03. The molecule has 0 aromatic heterocycles. The largest absolute Gasteiger partial charge is 0.148 e. The van der Waals surface area contributed by atoms with Crippen molar-refractivity contribution in [3.63, 3.8) is 0 Å². The van der Waals surface area contributed by atoms with Crippen LogP contribution in [0, 0.1) is 6.42 Å². The number of hydrogen-bond acceptors (Lipinski definition) is 0. The van der Waals surface area contributed by atoms with Crippen molar-refractivity contribution >= 4 is 6.08 Å². The van der Waals surface area contributed by atoms with Gasteiger partial charge in [0.1, 0.15) is 0 Å². The molecule has 0 N–H and O–H groups in total. The van der Waals surface area contributed by atoms with Gasteiger partial charge in [-0.15, -0.1) is 48.4 Å². The Morgan fingerprint density at radius 1 is 0.733 bits per heavy atom. The summed E-state index contributed by atoms with van der Waals surface area (Å²) in [6, 6.07) is 20.6. The topological polar surface area (TPSA) is 0 Å². The summed E-state index contributed by atoms with van der Waals surface area (Å²) in [7, 11) is 0. The molecule has 2 aromatic carbocycles. The van der Waals surface area contributed by atoms with E-state index in [9.17, 15) is 0 Å². The molecule has 0 aliphatic rings. The van der Waals surface area contributed by atoms with Gasteiger partial charge in [0.15, 0.2) is 0 Å². The van der Waals surface area contributed by atoms with Crippen molar-refractivity contribution in [2.75, 3.05) is 0 Å². The van der Waals surface area contributed by atoms with Crippen LogP contribution in [-0.4, -0.2) is 0 Å². The molecule has 0 radical (unpaired) electrons. The van der Waals surface area contributed by atoms with Crippen LogP contribution >= 0.6 is 0 Å². The highest BCUT2D eigenvalue weighted by Crippen LogP contribution is 2.06. The molecular formula is C15H13-. The summed E-state index contributed by atoms with van der Waals surface area (Å²) in [5, 5.41) is 0. The van der Waals surface area contributed by atoms with Gasteiger partial charge in [-0.25, -0.2) is 0 Å². The molecule has 0 atom stereocenters. The zero-order chi connectivity index (χ0) is 10.3. The predicted molar refractivity (Wildman–Crippen MR) is 65.3 cm³/mol. The first-order valence-electron chi connectivity index (χ1n) is 5.07. The van der Waals surface area contributed by atoms with Crippen LogP contribution in [0.25, 0.3) is 6.08 Å². The molecule has 0 nitrogen and oxygen atoms in total. The van der Waals surface area contributed by atoms with Crippen LogP contribution in [0.4, 0.5) is 0 Å². The Morgan fingerprint density at radius 2 is 1.33 bits per heavy atom. The molecule has 2 rings (SSSR count). The molecular weight excluding hydrogens is 180 g/mol. The summed E-state index contributed by atoms with van der Waals surface area (Å²) in [5.74, 6) is 0. The quantitative estimate of drug-likeness (QED) is 0.647. The molecule has 0 bridgehead atoms. The molecule has 0 amide bonds. The highest BCUT2D eigenvalue weighted by atomic mass is 13.9. The van der Waals surface area contributed by atoms with E-state index in [2.05, 4.69) is 42.8 Å². The highest BCUT2D eigenvalue weighted by molar-refractivity contribution is 5.51. The fourth-order valence-electron chi connectivity index (χ4n) is 1.40. The minimum Gasteiger partial charge on any atom is -0.148 e. The normalized spacial score (nSPS) is 10.4.